The summed E-state index contributed by atoms with van der Waals surface area (Å²) in [5.74, 6) is -0.743. The summed E-state index contributed by atoms with van der Waals surface area (Å²) in [6.07, 6.45) is 5.18. The largest absolute Gasteiger partial charge is 0.349 e. The van der Waals surface area contributed by atoms with Gasteiger partial charge in [-0.2, -0.15) is 0 Å². The van der Waals surface area contributed by atoms with Crippen molar-refractivity contribution in [2.45, 2.75) is 33.4 Å². The van der Waals surface area contributed by atoms with E-state index in [4.69, 9.17) is 0 Å². The maximum absolute atomic E-state index is 12.2. The van der Waals surface area contributed by atoms with E-state index in [-0.39, 0.29) is 36.4 Å². The summed E-state index contributed by atoms with van der Waals surface area (Å²) in [6.45, 7) is 6.30. The van der Waals surface area contributed by atoms with E-state index in [9.17, 15) is 14.4 Å². The van der Waals surface area contributed by atoms with Crippen LogP contribution >= 0.6 is 0 Å². The van der Waals surface area contributed by atoms with Gasteiger partial charge < -0.3 is 15.2 Å². The first-order valence-electron chi connectivity index (χ1n) is 7.10. The Morgan fingerprint density at radius 3 is 2.68 bits per heavy atom. The Labute approximate surface area is 128 Å². The summed E-state index contributed by atoms with van der Waals surface area (Å²) in [6, 6.07) is -0.683. The number of rotatable bonds is 5. The number of nitrogens with zero attached hydrogens (tertiary/aromatic N) is 3. The lowest BCUT2D eigenvalue weighted by Crippen LogP contribution is -2.50. The summed E-state index contributed by atoms with van der Waals surface area (Å²) in [7, 11) is 0. The van der Waals surface area contributed by atoms with Crippen molar-refractivity contribution in [1.82, 2.24) is 25.1 Å². The maximum Gasteiger partial charge on any atom is 0.325 e. The van der Waals surface area contributed by atoms with Crippen molar-refractivity contribution in [2.75, 3.05) is 13.1 Å². The Morgan fingerprint density at radius 1 is 1.45 bits per heavy atom. The molecule has 120 valence electrons. The lowest BCUT2D eigenvalue weighted by molar-refractivity contribution is -0.131. The summed E-state index contributed by atoms with van der Waals surface area (Å²) in [4.78, 5) is 40.0. The molecule has 0 radical (unpaired) electrons. The third-order valence-electron chi connectivity index (χ3n) is 3.57. The fraction of sp³-hybridized carbons (Fsp3) is 0.571. The normalized spacial score (nSPS) is 16.6. The number of hydrogen-bond donors (Lipinski definition) is 2. The fourth-order valence-corrected chi connectivity index (χ4v) is 2.14. The van der Waals surface area contributed by atoms with Gasteiger partial charge in [-0.3, -0.25) is 14.5 Å². The van der Waals surface area contributed by atoms with Gasteiger partial charge >= 0.3 is 6.03 Å². The summed E-state index contributed by atoms with van der Waals surface area (Å²) in [5, 5.41) is 5.29. The van der Waals surface area contributed by atoms with Gasteiger partial charge in [0.1, 0.15) is 6.54 Å². The van der Waals surface area contributed by atoms with Gasteiger partial charge in [0, 0.05) is 18.9 Å². The van der Waals surface area contributed by atoms with E-state index < -0.39 is 6.03 Å². The highest BCUT2D eigenvalue weighted by Crippen LogP contribution is 2.20. The van der Waals surface area contributed by atoms with Crippen molar-refractivity contribution in [3.8, 4) is 0 Å². The van der Waals surface area contributed by atoms with Crippen LogP contribution in [0.25, 0.3) is 0 Å². The Bertz CT molecular complexity index is 546. The predicted octanol–water partition coefficient (Wildman–Crippen LogP) is -0.0342. The molecule has 1 aromatic heterocycles. The van der Waals surface area contributed by atoms with Gasteiger partial charge in [-0.1, -0.05) is 20.8 Å². The second-order valence-corrected chi connectivity index (χ2v) is 6.38. The third kappa shape index (κ3) is 3.84. The van der Waals surface area contributed by atoms with E-state index in [0.29, 0.717) is 6.54 Å². The molecule has 1 fully saturated rings. The number of amides is 4. The quantitative estimate of drug-likeness (QED) is 0.746. The number of imide groups is 1. The summed E-state index contributed by atoms with van der Waals surface area (Å²) >= 11 is 0. The Morgan fingerprint density at radius 2 is 2.18 bits per heavy atom. The van der Waals surface area contributed by atoms with Crippen LogP contribution in [0.3, 0.4) is 0 Å². The van der Waals surface area contributed by atoms with Gasteiger partial charge in [-0.25, -0.2) is 9.78 Å². The number of imidazole rings is 1. The van der Waals surface area contributed by atoms with E-state index in [0.717, 1.165) is 4.90 Å². The van der Waals surface area contributed by atoms with E-state index >= 15 is 0 Å². The Hall–Kier alpha value is -2.38. The molecule has 2 rings (SSSR count). The number of carbonyl (C=O) groups is 3. The molecule has 0 bridgehead atoms. The molecular formula is C14H21N5O3. The first kappa shape index (κ1) is 16.0. The van der Waals surface area contributed by atoms with Crippen LogP contribution in [0, 0.1) is 5.41 Å². The second kappa shape index (κ2) is 6.17. The molecule has 0 aromatic carbocycles. The van der Waals surface area contributed by atoms with Crippen molar-refractivity contribution >= 4 is 17.8 Å². The Kier molecular flexibility index (Phi) is 4.48. The topological polar surface area (TPSA) is 96.3 Å². The average molecular weight is 307 g/mol. The van der Waals surface area contributed by atoms with Gasteiger partial charge in [0.15, 0.2) is 0 Å². The van der Waals surface area contributed by atoms with Gasteiger partial charge in [0.05, 0.1) is 18.9 Å². The fourth-order valence-electron chi connectivity index (χ4n) is 2.14. The SMILES string of the molecule is CC(C)(C)[C@@H](Cn1ccnc1)NC(=O)CN1C(=O)CNC1=O. The van der Waals surface area contributed by atoms with Crippen LogP contribution in [-0.4, -0.2) is 51.4 Å². The molecular weight excluding hydrogens is 286 g/mol. The zero-order valence-electron chi connectivity index (χ0n) is 13.0. The van der Waals surface area contributed by atoms with Crippen molar-refractivity contribution in [1.29, 1.82) is 0 Å². The smallest absolute Gasteiger partial charge is 0.325 e. The zero-order valence-corrected chi connectivity index (χ0v) is 13.0. The molecule has 1 aliphatic heterocycles. The first-order valence-corrected chi connectivity index (χ1v) is 7.10. The van der Waals surface area contributed by atoms with Crippen LogP contribution in [0.4, 0.5) is 4.79 Å². The second-order valence-electron chi connectivity index (χ2n) is 6.38. The molecule has 22 heavy (non-hydrogen) atoms. The van der Waals surface area contributed by atoms with E-state index in [1.165, 1.54) is 0 Å². The highest BCUT2D eigenvalue weighted by Gasteiger charge is 2.32. The molecule has 8 nitrogen and oxygen atoms in total. The minimum atomic E-state index is -0.526. The van der Waals surface area contributed by atoms with Gasteiger partial charge in [0.2, 0.25) is 5.91 Å². The van der Waals surface area contributed by atoms with Crippen molar-refractivity contribution in [3.63, 3.8) is 0 Å². The van der Waals surface area contributed by atoms with Gasteiger partial charge in [-0.05, 0) is 5.41 Å². The Balaban J connectivity index is 1.99. The molecule has 0 saturated carbocycles. The number of nitrogens with one attached hydrogen (secondary N) is 2. The number of hydrogen-bond acceptors (Lipinski definition) is 4. The standard InChI is InChI=1S/C14H21N5O3/c1-14(2,3)10(7-18-5-4-15-9-18)17-11(20)8-19-12(21)6-16-13(19)22/h4-5,9-10H,6-8H2,1-3H3,(H,16,22)(H,17,20)/t10-/m1/s1. The first-order chi connectivity index (χ1) is 10.3. The molecule has 0 spiro atoms. The highest BCUT2D eigenvalue weighted by molar-refractivity contribution is 6.04. The monoisotopic (exact) mass is 307 g/mol. The van der Waals surface area contributed by atoms with Crippen LogP contribution in [0.15, 0.2) is 18.7 Å². The molecule has 4 amide bonds. The van der Waals surface area contributed by atoms with Crippen LogP contribution in [0.2, 0.25) is 0 Å². The number of aromatic nitrogens is 2. The van der Waals surface area contributed by atoms with Gasteiger partial charge in [-0.15, -0.1) is 0 Å². The molecule has 2 heterocycles. The van der Waals surface area contributed by atoms with E-state index in [1.54, 1.807) is 12.5 Å². The lowest BCUT2D eigenvalue weighted by Gasteiger charge is -2.32. The van der Waals surface area contributed by atoms with E-state index in [2.05, 4.69) is 15.6 Å². The molecule has 1 saturated heterocycles. The lowest BCUT2D eigenvalue weighted by atomic mass is 9.86. The number of urea groups is 1. The minimum Gasteiger partial charge on any atom is -0.349 e. The number of carbonyl (C=O) groups excluding carboxylic acids is 3. The molecule has 1 aromatic rings. The van der Waals surface area contributed by atoms with Crippen molar-refractivity contribution in [2.24, 2.45) is 5.41 Å². The predicted molar refractivity (Wildman–Crippen MR) is 78.7 cm³/mol. The zero-order chi connectivity index (χ0) is 16.3. The van der Waals surface area contributed by atoms with Gasteiger partial charge in [0.25, 0.3) is 5.91 Å². The average Bonchev–Trinajstić information content (AvgIpc) is 3.02. The molecule has 0 unspecified atom stereocenters. The summed E-state index contributed by atoms with van der Waals surface area (Å²) < 4.78 is 1.88. The molecule has 2 N–H and O–H groups in total. The van der Waals surface area contributed by atoms with Crippen LogP contribution in [0.1, 0.15) is 20.8 Å². The molecule has 1 aliphatic rings. The molecule has 1 atom stereocenters. The third-order valence-corrected chi connectivity index (χ3v) is 3.57. The molecule has 0 aliphatic carbocycles. The van der Waals surface area contributed by atoms with Crippen LogP contribution in [-0.2, 0) is 16.1 Å². The van der Waals surface area contributed by atoms with Crippen molar-refractivity contribution < 1.29 is 14.4 Å². The van der Waals surface area contributed by atoms with E-state index in [1.807, 2.05) is 31.5 Å². The summed E-state index contributed by atoms with van der Waals surface area (Å²) in [5.41, 5.74) is -0.183. The highest BCUT2D eigenvalue weighted by atomic mass is 16.2. The minimum absolute atomic E-state index is 0.0517. The maximum atomic E-state index is 12.2. The van der Waals surface area contributed by atoms with Crippen LogP contribution < -0.4 is 10.6 Å². The van der Waals surface area contributed by atoms with Crippen molar-refractivity contribution in [3.05, 3.63) is 18.7 Å². The van der Waals surface area contributed by atoms with Crippen LogP contribution in [0.5, 0.6) is 0 Å². The molecule has 8 heteroatoms.